The zero-order valence-corrected chi connectivity index (χ0v) is 18.5. The van der Waals surface area contributed by atoms with E-state index >= 15 is 0 Å². The lowest BCUT2D eigenvalue weighted by Crippen LogP contribution is -1.94. The number of unbranched alkanes of at least 4 members (excludes halogenated alkanes) is 1. The standard InChI is InChI=1S/C15H32S6/c1-3-4-5-17-8-9-19-12-13-21-15-14-20-11-10-18-7-6-16-2/h3-15H2,1-2H3. The molecule has 6 heteroatoms. The van der Waals surface area contributed by atoms with Gasteiger partial charge in [-0.25, -0.2) is 0 Å². The summed E-state index contributed by atoms with van der Waals surface area (Å²) in [5.74, 6) is 14.7. The second-order valence-electron chi connectivity index (χ2n) is 4.41. The fourth-order valence-electron chi connectivity index (χ4n) is 1.37. The highest BCUT2D eigenvalue weighted by molar-refractivity contribution is 8.06. The van der Waals surface area contributed by atoms with Crippen LogP contribution in [0.1, 0.15) is 19.8 Å². The summed E-state index contributed by atoms with van der Waals surface area (Å²) < 4.78 is 0. The molecule has 0 rings (SSSR count). The van der Waals surface area contributed by atoms with Gasteiger partial charge in [-0.3, -0.25) is 0 Å². The van der Waals surface area contributed by atoms with Crippen LogP contribution >= 0.6 is 70.6 Å². The zero-order chi connectivity index (χ0) is 15.4. The van der Waals surface area contributed by atoms with Gasteiger partial charge in [-0.05, 0) is 18.4 Å². The van der Waals surface area contributed by atoms with E-state index in [0.717, 1.165) is 0 Å². The molecule has 0 nitrogen and oxygen atoms in total. The van der Waals surface area contributed by atoms with Crippen LogP contribution in [0.4, 0.5) is 0 Å². The normalized spacial score (nSPS) is 11.1. The van der Waals surface area contributed by atoms with Crippen LogP contribution in [0.5, 0.6) is 0 Å². The van der Waals surface area contributed by atoms with Crippen molar-refractivity contribution in [1.82, 2.24) is 0 Å². The predicted octanol–water partition coefficient (Wildman–Crippen LogP) is 5.82. The average molecular weight is 405 g/mol. The maximum Gasteiger partial charge on any atom is 0.00238 e. The Balaban J connectivity index is 2.90. The Kier molecular flexibility index (Phi) is 24.3. The summed E-state index contributed by atoms with van der Waals surface area (Å²) in [6, 6.07) is 0. The van der Waals surface area contributed by atoms with Gasteiger partial charge in [0.25, 0.3) is 0 Å². The van der Waals surface area contributed by atoms with Crippen molar-refractivity contribution in [3.63, 3.8) is 0 Å². The predicted molar refractivity (Wildman–Crippen MR) is 120 cm³/mol. The van der Waals surface area contributed by atoms with E-state index in [1.165, 1.54) is 76.1 Å². The summed E-state index contributed by atoms with van der Waals surface area (Å²) in [5.41, 5.74) is 0. The van der Waals surface area contributed by atoms with Crippen molar-refractivity contribution in [2.45, 2.75) is 19.8 Å². The molecule has 0 aromatic carbocycles. The van der Waals surface area contributed by atoms with Crippen LogP contribution in [0.15, 0.2) is 0 Å². The van der Waals surface area contributed by atoms with Crippen molar-refractivity contribution in [1.29, 1.82) is 0 Å². The number of thioether (sulfide) groups is 6. The Morgan fingerprint density at radius 1 is 0.476 bits per heavy atom. The van der Waals surface area contributed by atoms with Gasteiger partial charge < -0.3 is 0 Å². The molecule has 0 amide bonds. The molecule has 128 valence electrons. The van der Waals surface area contributed by atoms with Gasteiger partial charge in [0.05, 0.1) is 0 Å². The van der Waals surface area contributed by atoms with Crippen molar-refractivity contribution in [2.75, 3.05) is 69.5 Å². The molecule has 0 aromatic heterocycles. The molecular formula is C15H32S6. The molecule has 0 N–H and O–H groups in total. The minimum absolute atomic E-state index is 1.31. The summed E-state index contributed by atoms with van der Waals surface area (Å²) in [5, 5.41) is 0. The fourth-order valence-corrected chi connectivity index (χ4v) is 7.79. The van der Waals surface area contributed by atoms with Crippen molar-refractivity contribution < 1.29 is 0 Å². The van der Waals surface area contributed by atoms with Crippen LogP contribution in [0.2, 0.25) is 0 Å². The lowest BCUT2D eigenvalue weighted by atomic mass is 10.4. The maximum atomic E-state index is 2.27. The maximum absolute atomic E-state index is 2.27. The Morgan fingerprint density at radius 2 is 0.810 bits per heavy atom. The van der Waals surface area contributed by atoms with E-state index in [4.69, 9.17) is 0 Å². The van der Waals surface area contributed by atoms with Gasteiger partial charge in [-0.1, -0.05) is 13.3 Å². The van der Waals surface area contributed by atoms with Crippen molar-refractivity contribution in [3.05, 3.63) is 0 Å². The van der Waals surface area contributed by atoms with Crippen LogP contribution in [0.25, 0.3) is 0 Å². The number of rotatable bonds is 18. The Bertz CT molecular complexity index is 162. The molecular weight excluding hydrogens is 373 g/mol. The second-order valence-corrected chi connectivity index (χ2v) is 11.5. The smallest absolute Gasteiger partial charge is 0.00238 e. The summed E-state index contributed by atoms with van der Waals surface area (Å²) in [7, 11) is 0. The first-order chi connectivity index (χ1) is 10.4. The molecule has 0 heterocycles. The molecule has 0 saturated carbocycles. The zero-order valence-electron chi connectivity index (χ0n) is 13.6. The molecule has 0 bridgehead atoms. The van der Waals surface area contributed by atoms with Crippen LogP contribution in [0.3, 0.4) is 0 Å². The molecule has 0 aliphatic rings. The third-order valence-electron chi connectivity index (χ3n) is 2.56. The Hall–Kier alpha value is 2.10. The monoisotopic (exact) mass is 404 g/mol. The highest BCUT2D eigenvalue weighted by Gasteiger charge is 1.94. The van der Waals surface area contributed by atoms with E-state index in [1.54, 1.807) is 0 Å². The summed E-state index contributed by atoms with van der Waals surface area (Å²) in [4.78, 5) is 0. The van der Waals surface area contributed by atoms with Crippen LogP contribution in [-0.2, 0) is 0 Å². The van der Waals surface area contributed by atoms with E-state index in [2.05, 4.69) is 72.0 Å². The number of hydrogen-bond donors (Lipinski definition) is 0. The van der Waals surface area contributed by atoms with Crippen molar-refractivity contribution >= 4 is 70.6 Å². The van der Waals surface area contributed by atoms with Crippen molar-refractivity contribution in [3.8, 4) is 0 Å². The van der Waals surface area contributed by atoms with E-state index in [-0.39, 0.29) is 0 Å². The summed E-state index contributed by atoms with van der Waals surface area (Å²) in [6.07, 6.45) is 4.92. The summed E-state index contributed by atoms with van der Waals surface area (Å²) in [6.45, 7) is 2.27. The quantitative estimate of drug-likeness (QED) is 0.262. The summed E-state index contributed by atoms with van der Waals surface area (Å²) >= 11 is 12.6. The molecule has 0 fully saturated rings. The first-order valence-electron chi connectivity index (χ1n) is 7.79. The third-order valence-corrected chi connectivity index (χ3v) is 9.48. The average Bonchev–Trinajstić information content (AvgIpc) is 2.50. The van der Waals surface area contributed by atoms with Gasteiger partial charge in [-0.2, -0.15) is 70.6 Å². The minimum Gasteiger partial charge on any atom is -0.165 e. The van der Waals surface area contributed by atoms with Gasteiger partial charge in [0, 0.05) is 57.5 Å². The van der Waals surface area contributed by atoms with Crippen molar-refractivity contribution in [2.24, 2.45) is 0 Å². The van der Waals surface area contributed by atoms with E-state index < -0.39 is 0 Å². The Morgan fingerprint density at radius 3 is 1.14 bits per heavy atom. The van der Waals surface area contributed by atoms with Gasteiger partial charge in [0.2, 0.25) is 0 Å². The van der Waals surface area contributed by atoms with Gasteiger partial charge >= 0.3 is 0 Å². The number of hydrogen-bond acceptors (Lipinski definition) is 6. The SMILES string of the molecule is CCCCSCCSCCSCCSCCSCCSC. The van der Waals surface area contributed by atoms with E-state index in [1.807, 2.05) is 11.8 Å². The molecule has 0 aromatic rings. The van der Waals surface area contributed by atoms with Gasteiger partial charge in [0.15, 0.2) is 0 Å². The minimum atomic E-state index is 1.31. The lowest BCUT2D eigenvalue weighted by molar-refractivity contribution is 0.896. The molecule has 0 aliphatic heterocycles. The molecule has 0 spiro atoms. The third kappa shape index (κ3) is 22.1. The van der Waals surface area contributed by atoms with Crippen LogP contribution in [0, 0.1) is 0 Å². The highest BCUT2D eigenvalue weighted by Crippen LogP contribution is 2.14. The fraction of sp³-hybridized carbons (Fsp3) is 1.00. The molecule has 0 aliphatic carbocycles. The topological polar surface area (TPSA) is 0 Å². The van der Waals surface area contributed by atoms with E-state index in [0.29, 0.717) is 0 Å². The Labute approximate surface area is 159 Å². The lowest BCUT2D eigenvalue weighted by Gasteiger charge is -2.03. The molecule has 0 radical (unpaired) electrons. The first-order valence-corrected chi connectivity index (χ1v) is 15.0. The molecule has 0 unspecified atom stereocenters. The van der Waals surface area contributed by atoms with Crippen LogP contribution in [-0.4, -0.2) is 69.5 Å². The largest absolute Gasteiger partial charge is 0.165 e. The van der Waals surface area contributed by atoms with Gasteiger partial charge in [0.1, 0.15) is 0 Å². The second kappa shape index (κ2) is 22.1. The molecule has 21 heavy (non-hydrogen) atoms. The first kappa shape index (κ1) is 23.1. The highest BCUT2D eigenvalue weighted by atomic mass is 32.2. The molecule has 0 saturated heterocycles. The van der Waals surface area contributed by atoms with Crippen LogP contribution < -0.4 is 0 Å². The van der Waals surface area contributed by atoms with Gasteiger partial charge in [-0.15, -0.1) is 0 Å². The van der Waals surface area contributed by atoms with E-state index in [9.17, 15) is 0 Å². The molecule has 0 atom stereocenters.